The Morgan fingerprint density at radius 2 is 1.07 bits per heavy atom. The van der Waals surface area contributed by atoms with Crippen LogP contribution in [0.4, 0.5) is 34.1 Å². The van der Waals surface area contributed by atoms with Gasteiger partial charge in [-0.2, -0.15) is 0 Å². The minimum Gasteiger partial charge on any atom is -0.310 e. The number of fused-ring (bicyclic) bond motifs is 10. The third-order valence-corrected chi connectivity index (χ3v) is 9.07. The van der Waals surface area contributed by atoms with Gasteiger partial charge in [0.1, 0.15) is 0 Å². The predicted octanol–water partition coefficient (Wildman–Crippen LogP) is 7.18. The molecule has 0 saturated heterocycles. The fraction of sp³-hybridized carbons (Fsp3) is 0. The molecule has 0 saturated carbocycles. The highest BCUT2D eigenvalue weighted by Crippen LogP contribution is 2.55. The monoisotopic (exact) mass is 507 g/mol. The van der Waals surface area contributed by atoms with Crippen molar-refractivity contribution < 1.29 is 0 Å². The second-order valence-corrected chi connectivity index (χ2v) is 10.9. The lowest BCUT2D eigenvalue weighted by Crippen LogP contribution is -2.61. The van der Waals surface area contributed by atoms with Gasteiger partial charge < -0.3 is 14.4 Å². The maximum Gasteiger partial charge on any atom is 0.252 e. The minimum absolute atomic E-state index is 0.154. The second-order valence-electron chi connectivity index (χ2n) is 10.9. The molecule has 7 aromatic rings. The normalized spacial score (nSPS) is 13.8. The molecule has 0 radical (unpaired) electrons. The second kappa shape index (κ2) is 7.25. The molecule has 10 rings (SSSR count). The smallest absolute Gasteiger partial charge is 0.252 e. The first-order chi connectivity index (χ1) is 19.9. The molecule has 3 nitrogen and oxygen atoms in total. The largest absolute Gasteiger partial charge is 0.310 e. The van der Waals surface area contributed by atoms with Gasteiger partial charge in [0.2, 0.25) is 0 Å². The summed E-state index contributed by atoms with van der Waals surface area (Å²) >= 11 is 0. The number of hydrogen-bond donors (Lipinski definition) is 0. The highest BCUT2D eigenvalue weighted by Gasteiger charge is 2.45. The van der Waals surface area contributed by atoms with E-state index in [1.165, 1.54) is 78.0 Å². The van der Waals surface area contributed by atoms with Gasteiger partial charge in [-0.25, -0.2) is 0 Å². The van der Waals surface area contributed by atoms with Crippen LogP contribution in [0.3, 0.4) is 0 Å². The van der Waals surface area contributed by atoms with Crippen LogP contribution in [0.5, 0.6) is 0 Å². The summed E-state index contributed by atoms with van der Waals surface area (Å²) in [5, 5.41) is 2.64. The van der Waals surface area contributed by atoms with Crippen LogP contribution in [-0.2, 0) is 0 Å². The van der Waals surface area contributed by atoms with Gasteiger partial charge in [-0.05, 0) is 64.9 Å². The summed E-state index contributed by atoms with van der Waals surface area (Å²) in [6, 6.07) is 49.1. The van der Waals surface area contributed by atoms with Gasteiger partial charge in [-0.3, -0.25) is 0 Å². The molecule has 40 heavy (non-hydrogen) atoms. The molecule has 3 aliphatic rings. The number of nitrogens with zero attached hydrogens (tertiary/aromatic N) is 3. The van der Waals surface area contributed by atoms with Crippen LogP contribution in [0.2, 0.25) is 0 Å². The first-order valence-corrected chi connectivity index (χ1v) is 13.9. The van der Waals surface area contributed by atoms with Gasteiger partial charge in [0.15, 0.2) is 0 Å². The third kappa shape index (κ3) is 2.35. The van der Waals surface area contributed by atoms with Crippen molar-refractivity contribution in [1.29, 1.82) is 0 Å². The van der Waals surface area contributed by atoms with Crippen molar-refractivity contribution in [2.45, 2.75) is 0 Å². The van der Waals surface area contributed by atoms with Crippen LogP contribution in [0.15, 0.2) is 133 Å². The zero-order valence-corrected chi connectivity index (χ0v) is 21.6. The zero-order valence-electron chi connectivity index (χ0n) is 21.6. The van der Waals surface area contributed by atoms with Crippen LogP contribution >= 0.6 is 0 Å². The highest BCUT2D eigenvalue weighted by molar-refractivity contribution is 7.00. The number of para-hydroxylation sites is 6. The number of aromatic nitrogens is 1. The average molecular weight is 507 g/mol. The average Bonchev–Trinajstić information content (AvgIpc) is 3.36. The van der Waals surface area contributed by atoms with Crippen molar-refractivity contribution >= 4 is 79.0 Å². The molecule has 0 fully saturated rings. The summed E-state index contributed by atoms with van der Waals surface area (Å²) in [7, 11) is 0. The van der Waals surface area contributed by atoms with Gasteiger partial charge in [0, 0.05) is 33.4 Å². The van der Waals surface area contributed by atoms with Gasteiger partial charge in [-0.15, -0.1) is 0 Å². The summed E-state index contributed by atoms with van der Waals surface area (Å²) in [5.74, 6) is 0. The molecule has 0 N–H and O–H groups in total. The summed E-state index contributed by atoms with van der Waals surface area (Å²) < 4.78 is 2.52. The summed E-state index contributed by atoms with van der Waals surface area (Å²) in [5.41, 5.74) is 15.3. The van der Waals surface area contributed by atoms with Gasteiger partial charge in [-0.1, -0.05) is 84.9 Å². The molecule has 0 unspecified atom stereocenters. The van der Waals surface area contributed by atoms with Crippen LogP contribution in [0, 0.1) is 0 Å². The van der Waals surface area contributed by atoms with E-state index in [0.717, 1.165) is 0 Å². The predicted molar refractivity (Wildman–Crippen MR) is 168 cm³/mol. The fourth-order valence-corrected chi connectivity index (χ4v) is 7.62. The Morgan fingerprint density at radius 1 is 0.425 bits per heavy atom. The van der Waals surface area contributed by atoms with E-state index >= 15 is 0 Å². The Labute approximate surface area is 232 Å². The van der Waals surface area contributed by atoms with Gasteiger partial charge in [0.25, 0.3) is 6.71 Å². The van der Waals surface area contributed by atoms with Crippen molar-refractivity contribution in [2.75, 3.05) is 9.80 Å². The Hall–Kier alpha value is -5.22. The van der Waals surface area contributed by atoms with Crippen LogP contribution in [0.25, 0.3) is 27.5 Å². The van der Waals surface area contributed by atoms with E-state index in [1.54, 1.807) is 0 Å². The maximum atomic E-state index is 2.52. The molecule has 4 heteroatoms. The summed E-state index contributed by atoms with van der Waals surface area (Å²) in [6.45, 7) is 0.154. The van der Waals surface area contributed by atoms with E-state index in [0.29, 0.717) is 0 Å². The minimum atomic E-state index is 0.154. The van der Waals surface area contributed by atoms with E-state index in [1.807, 2.05) is 0 Å². The maximum absolute atomic E-state index is 2.52. The van der Waals surface area contributed by atoms with E-state index in [-0.39, 0.29) is 6.71 Å². The lowest BCUT2D eigenvalue weighted by molar-refractivity contribution is 1.14. The SMILES string of the molecule is c1ccc(N2c3ccccc3N3c4ccccc4B4c5c(ccc2c53)-n2c3ccccc3c3cccc4c32)cc1. The Kier molecular flexibility index (Phi) is 3.75. The van der Waals surface area contributed by atoms with Crippen molar-refractivity contribution in [3.63, 3.8) is 0 Å². The number of hydrogen-bond acceptors (Lipinski definition) is 2. The summed E-state index contributed by atoms with van der Waals surface area (Å²) in [4.78, 5) is 4.96. The molecule has 6 aromatic carbocycles. The molecular formula is C36H22BN3. The summed E-state index contributed by atoms with van der Waals surface area (Å²) in [6.07, 6.45) is 0. The molecule has 0 spiro atoms. The lowest BCUT2D eigenvalue weighted by Gasteiger charge is -2.47. The first-order valence-electron chi connectivity index (χ1n) is 13.9. The van der Waals surface area contributed by atoms with Crippen LogP contribution < -0.4 is 26.2 Å². The number of rotatable bonds is 1. The number of anilines is 6. The van der Waals surface area contributed by atoms with Crippen molar-refractivity contribution in [1.82, 2.24) is 4.57 Å². The molecular weight excluding hydrogens is 485 g/mol. The van der Waals surface area contributed by atoms with E-state index in [9.17, 15) is 0 Å². The standard InChI is InChI=1S/C36H22BN3/c1-2-11-23(12-3-1)38-30-19-8-9-20-31(30)40-29-18-7-5-15-26(29)37-27-16-10-14-25-24-13-4-6-17-28(24)39(35(25)27)32-21-22-33(38)36(40)34(32)37/h1-22H. The lowest BCUT2D eigenvalue weighted by atomic mass is 9.33. The van der Waals surface area contributed by atoms with Crippen molar-refractivity contribution in [3.8, 4) is 5.69 Å². The van der Waals surface area contributed by atoms with E-state index < -0.39 is 0 Å². The van der Waals surface area contributed by atoms with Crippen LogP contribution in [0.1, 0.15) is 0 Å². The van der Waals surface area contributed by atoms with E-state index in [2.05, 4.69) is 148 Å². The molecule has 1 aromatic heterocycles. The number of benzene rings is 6. The molecule has 184 valence electrons. The van der Waals surface area contributed by atoms with Gasteiger partial charge >= 0.3 is 0 Å². The topological polar surface area (TPSA) is 11.4 Å². The quantitative estimate of drug-likeness (QED) is 0.218. The molecule has 4 heterocycles. The molecule has 0 aliphatic carbocycles. The van der Waals surface area contributed by atoms with E-state index in [4.69, 9.17) is 0 Å². The molecule has 3 aliphatic heterocycles. The zero-order chi connectivity index (χ0) is 25.9. The molecule has 0 amide bonds. The first kappa shape index (κ1) is 20.7. The van der Waals surface area contributed by atoms with Crippen LogP contribution in [-0.4, -0.2) is 11.3 Å². The van der Waals surface area contributed by atoms with Crippen molar-refractivity contribution in [2.24, 2.45) is 0 Å². The Bertz CT molecular complexity index is 2200. The Balaban J connectivity index is 1.41. The fourth-order valence-electron chi connectivity index (χ4n) is 7.62. The molecule has 0 bridgehead atoms. The van der Waals surface area contributed by atoms with Gasteiger partial charge in [0.05, 0.1) is 28.3 Å². The highest BCUT2D eigenvalue weighted by atomic mass is 15.3. The van der Waals surface area contributed by atoms with Crippen molar-refractivity contribution in [3.05, 3.63) is 133 Å². The molecule has 0 atom stereocenters. The third-order valence-electron chi connectivity index (χ3n) is 9.07. The Morgan fingerprint density at radius 3 is 1.95 bits per heavy atom.